The highest BCUT2D eigenvalue weighted by molar-refractivity contribution is 7.25. The summed E-state index contributed by atoms with van der Waals surface area (Å²) in [6.07, 6.45) is 0. The molecule has 1 aromatic heterocycles. The summed E-state index contributed by atoms with van der Waals surface area (Å²) in [7, 11) is 0. The number of fused-ring (bicyclic) bond motifs is 3. The van der Waals surface area contributed by atoms with Gasteiger partial charge in [-0.15, -0.1) is 11.3 Å². The molecule has 0 amide bonds. The molecule has 3 heteroatoms. The van der Waals surface area contributed by atoms with Crippen LogP contribution in [0, 0.1) is 0 Å². The van der Waals surface area contributed by atoms with Crippen molar-refractivity contribution in [3.63, 3.8) is 0 Å². The molecule has 0 saturated carbocycles. The molecule has 0 fully saturated rings. The molecule has 0 unspecified atom stereocenters. The van der Waals surface area contributed by atoms with Gasteiger partial charge < -0.3 is 9.80 Å². The first-order chi connectivity index (χ1) is 31.2. The molecular weight excluding hydrogens is 781 g/mol. The van der Waals surface area contributed by atoms with Gasteiger partial charge in [0.2, 0.25) is 0 Å². The molecule has 11 aromatic rings. The van der Waals surface area contributed by atoms with Crippen LogP contribution in [-0.2, 0) is 0 Å². The Balaban J connectivity index is 1.08. The van der Waals surface area contributed by atoms with Crippen molar-refractivity contribution in [1.29, 1.82) is 0 Å². The highest BCUT2D eigenvalue weighted by atomic mass is 32.1. The van der Waals surface area contributed by atoms with Gasteiger partial charge in [0.05, 0.1) is 5.69 Å². The zero-order valence-corrected chi connectivity index (χ0v) is 35.4. The molecule has 10 aromatic carbocycles. The Morgan fingerprint density at radius 1 is 0.238 bits per heavy atom. The zero-order chi connectivity index (χ0) is 42.0. The van der Waals surface area contributed by atoms with E-state index in [1.807, 2.05) is 11.3 Å². The van der Waals surface area contributed by atoms with Crippen molar-refractivity contribution in [2.75, 3.05) is 9.80 Å². The van der Waals surface area contributed by atoms with Gasteiger partial charge in [-0.25, -0.2) is 0 Å². The van der Waals surface area contributed by atoms with Crippen LogP contribution in [0.2, 0.25) is 0 Å². The van der Waals surface area contributed by atoms with Crippen molar-refractivity contribution in [3.05, 3.63) is 255 Å². The minimum absolute atomic E-state index is 1.08. The van der Waals surface area contributed by atoms with Crippen LogP contribution < -0.4 is 9.80 Å². The highest BCUT2D eigenvalue weighted by Gasteiger charge is 2.21. The number of hydrogen-bond acceptors (Lipinski definition) is 3. The Kier molecular flexibility index (Phi) is 10.1. The molecule has 0 atom stereocenters. The maximum atomic E-state index is 2.41. The molecule has 0 aliphatic carbocycles. The molecule has 0 radical (unpaired) electrons. The van der Waals surface area contributed by atoms with Gasteiger partial charge in [0.25, 0.3) is 0 Å². The molecular formula is C60H42N2S. The average Bonchev–Trinajstić information content (AvgIpc) is 3.74. The second kappa shape index (κ2) is 16.8. The summed E-state index contributed by atoms with van der Waals surface area (Å²) in [6.45, 7) is 0. The fraction of sp³-hybridized carbons (Fsp3) is 0. The lowest BCUT2D eigenvalue weighted by Crippen LogP contribution is -2.12. The quantitative estimate of drug-likeness (QED) is 0.136. The van der Waals surface area contributed by atoms with Crippen LogP contribution >= 0.6 is 11.3 Å². The predicted octanol–water partition coefficient (Wildman–Crippen LogP) is 17.7. The summed E-state index contributed by atoms with van der Waals surface area (Å²) in [4.78, 5) is 4.82. The van der Waals surface area contributed by atoms with E-state index in [4.69, 9.17) is 0 Å². The number of hydrogen-bond donors (Lipinski definition) is 0. The molecule has 0 aliphatic heterocycles. The van der Waals surface area contributed by atoms with Crippen LogP contribution in [0.3, 0.4) is 0 Å². The Morgan fingerprint density at radius 3 is 1.19 bits per heavy atom. The molecule has 1 heterocycles. The first-order valence-electron chi connectivity index (χ1n) is 21.4. The third kappa shape index (κ3) is 7.56. The fourth-order valence-corrected chi connectivity index (χ4v) is 9.96. The van der Waals surface area contributed by atoms with Crippen LogP contribution in [0.25, 0.3) is 64.7 Å². The van der Waals surface area contributed by atoms with Crippen molar-refractivity contribution in [3.8, 4) is 44.5 Å². The summed E-state index contributed by atoms with van der Waals surface area (Å²) < 4.78 is 2.57. The van der Waals surface area contributed by atoms with E-state index < -0.39 is 0 Å². The number of anilines is 6. The lowest BCUT2D eigenvalue weighted by atomic mass is 9.99. The third-order valence-corrected chi connectivity index (χ3v) is 12.9. The van der Waals surface area contributed by atoms with Crippen molar-refractivity contribution in [1.82, 2.24) is 0 Å². The maximum absolute atomic E-state index is 2.41. The van der Waals surface area contributed by atoms with Gasteiger partial charge >= 0.3 is 0 Å². The topological polar surface area (TPSA) is 6.48 Å². The average molecular weight is 823 g/mol. The van der Waals surface area contributed by atoms with E-state index in [0.29, 0.717) is 0 Å². The predicted molar refractivity (Wildman–Crippen MR) is 270 cm³/mol. The van der Waals surface area contributed by atoms with Crippen molar-refractivity contribution in [2.45, 2.75) is 0 Å². The monoisotopic (exact) mass is 822 g/mol. The van der Waals surface area contributed by atoms with Crippen LogP contribution in [0.15, 0.2) is 255 Å². The van der Waals surface area contributed by atoms with Gasteiger partial charge in [-0.3, -0.25) is 0 Å². The van der Waals surface area contributed by atoms with E-state index in [1.165, 1.54) is 53.6 Å². The number of para-hydroxylation sites is 1. The van der Waals surface area contributed by atoms with Crippen LogP contribution in [0.5, 0.6) is 0 Å². The van der Waals surface area contributed by atoms with E-state index in [2.05, 4.69) is 265 Å². The van der Waals surface area contributed by atoms with Crippen LogP contribution in [0.1, 0.15) is 0 Å². The zero-order valence-electron chi connectivity index (χ0n) is 34.6. The Hall–Kier alpha value is -7.98. The molecule has 298 valence electrons. The summed E-state index contributed by atoms with van der Waals surface area (Å²) in [5, 5.41) is 2.58. The van der Waals surface area contributed by atoms with Crippen LogP contribution in [0.4, 0.5) is 34.1 Å². The SMILES string of the molecule is c1ccc(-c2cccc(N(c3cccc(-c4ccccc4N(c4cccc(-c5ccccc5)c4)c4cccc(-c5ccccc5)c4)c3)c3ccc4c(c3)sc3ccccc34)c2)cc1. The van der Waals surface area contributed by atoms with Gasteiger partial charge in [-0.05, 0) is 112 Å². The van der Waals surface area contributed by atoms with E-state index >= 15 is 0 Å². The molecule has 0 bridgehead atoms. The van der Waals surface area contributed by atoms with Gasteiger partial charge in [-0.1, -0.05) is 182 Å². The van der Waals surface area contributed by atoms with Crippen molar-refractivity contribution >= 4 is 65.6 Å². The van der Waals surface area contributed by atoms with Crippen molar-refractivity contribution in [2.24, 2.45) is 0 Å². The Bertz CT molecular complexity index is 3270. The standard InChI is InChI=1S/C60H42N2S/c1-4-18-43(19-5-1)46-24-14-28-50(38-46)61(54-36-37-57-56-33-11-13-35-59(56)63-60(57)42-54)51-29-17-27-49(41-51)55-32-10-12-34-58(55)62(52-30-15-25-47(39-52)44-20-6-2-7-21-44)53-31-16-26-48(40-53)45-22-8-3-9-23-45/h1-42H. The highest BCUT2D eigenvalue weighted by Crippen LogP contribution is 2.46. The summed E-state index contributed by atoms with van der Waals surface area (Å²) in [5.41, 5.74) is 15.9. The Labute approximate surface area is 372 Å². The molecule has 0 saturated heterocycles. The summed E-state index contributed by atoms with van der Waals surface area (Å²) in [6, 6.07) is 92.1. The molecule has 0 N–H and O–H groups in total. The van der Waals surface area contributed by atoms with E-state index in [1.54, 1.807) is 0 Å². The molecule has 63 heavy (non-hydrogen) atoms. The van der Waals surface area contributed by atoms with Crippen LogP contribution in [-0.4, -0.2) is 0 Å². The number of thiophene rings is 1. The number of rotatable bonds is 10. The summed E-state index contributed by atoms with van der Waals surface area (Å²) >= 11 is 1.85. The third-order valence-electron chi connectivity index (χ3n) is 11.8. The summed E-state index contributed by atoms with van der Waals surface area (Å²) in [5.74, 6) is 0. The van der Waals surface area contributed by atoms with Gasteiger partial charge in [0.1, 0.15) is 0 Å². The molecule has 0 aliphatic rings. The van der Waals surface area contributed by atoms with E-state index in [-0.39, 0.29) is 0 Å². The first kappa shape index (κ1) is 38.0. The van der Waals surface area contributed by atoms with Crippen molar-refractivity contribution < 1.29 is 0 Å². The maximum Gasteiger partial charge on any atom is 0.0540 e. The minimum Gasteiger partial charge on any atom is -0.310 e. The smallest absolute Gasteiger partial charge is 0.0540 e. The van der Waals surface area contributed by atoms with E-state index in [9.17, 15) is 0 Å². The second-order valence-corrected chi connectivity index (χ2v) is 16.8. The fourth-order valence-electron chi connectivity index (χ4n) is 8.82. The normalized spacial score (nSPS) is 11.2. The number of nitrogens with zero attached hydrogens (tertiary/aromatic N) is 2. The van der Waals surface area contributed by atoms with Gasteiger partial charge in [0.15, 0.2) is 0 Å². The number of benzene rings is 10. The minimum atomic E-state index is 1.08. The second-order valence-electron chi connectivity index (χ2n) is 15.8. The lowest BCUT2D eigenvalue weighted by Gasteiger charge is -2.29. The Morgan fingerprint density at radius 2 is 0.635 bits per heavy atom. The molecule has 0 spiro atoms. The molecule has 2 nitrogen and oxygen atoms in total. The largest absolute Gasteiger partial charge is 0.310 e. The first-order valence-corrected chi connectivity index (χ1v) is 22.2. The lowest BCUT2D eigenvalue weighted by molar-refractivity contribution is 1.28. The van der Waals surface area contributed by atoms with Gasteiger partial charge in [0, 0.05) is 54.2 Å². The van der Waals surface area contributed by atoms with Gasteiger partial charge in [-0.2, -0.15) is 0 Å². The molecule has 11 rings (SSSR count). The van der Waals surface area contributed by atoms with E-state index in [0.717, 1.165) is 45.3 Å².